The molecule has 16 heavy (non-hydrogen) atoms. The van der Waals surface area contributed by atoms with E-state index in [4.69, 9.17) is 9.47 Å². The average molecular weight is 242 g/mol. The Morgan fingerprint density at radius 2 is 1.81 bits per heavy atom. The van der Waals surface area contributed by atoms with Crippen LogP contribution in [0, 0.1) is 5.92 Å². The van der Waals surface area contributed by atoms with Gasteiger partial charge < -0.3 is 14.6 Å². The van der Waals surface area contributed by atoms with Gasteiger partial charge in [-0.1, -0.05) is 13.8 Å². The maximum absolute atomic E-state index is 12.8. The van der Waals surface area contributed by atoms with Crippen molar-refractivity contribution in [2.45, 2.75) is 51.4 Å². The van der Waals surface area contributed by atoms with Crippen LogP contribution >= 0.6 is 0 Å². The third-order valence-electron chi connectivity index (χ3n) is 2.62. The summed E-state index contributed by atoms with van der Waals surface area (Å²) >= 11 is 0. The second-order valence-corrected chi connectivity index (χ2v) is 4.89. The van der Waals surface area contributed by atoms with Gasteiger partial charge in [0.2, 0.25) is 5.60 Å². The molecule has 0 bridgehead atoms. The first-order valence-electron chi connectivity index (χ1n) is 5.10. The van der Waals surface area contributed by atoms with Gasteiger partial charge in [-0.15, -0.1) is 0 Å². The number of hydrogen-bond acceptors (Lipinski definition) is 3. The minimum absolute atomic E-state index is 0.463. The number of halogens is 3. The smallest absolute Gasteiger partial charge is 0.377 e. The minimum Gasteiger partial charge on any atom is -0.377 e. The van der Waals surface area contributed by atoms with Gasteiger partial charge >= 0.3 is 6.18 Å². The van der Waals surface area contributed by atoms with Gasteiger partial charge in [0.05, 0.1) is 6.61 Å². The lowest BCUT2D eigenvalue weighted by atomic mass is 9.87. The Hall–Kier alpha value is -0.330. The summed E-state index contributed by atoms with van der Waals surface area (Å²) in [7, 11) is 0. The van der Waals surface area contributed by atoms with E-state index in [0.717, 1.165) is 0 Å². The van der Waals surface area contributed by atoms with Gasteiger partial charge in [-0.3, -0.25) is 0 Å². The predicted octanol–water partition coefficient (Wildman–Crippen LogP) is 2.09. The largest absolute Gasteiger partial charge is 0.422 e. The molecule has 1 N–H and O–H groups in total. The van der Waals surface area contributed by atoms with E-state index in [0.29, 0.717) is 0 Å². The Labute approximate surface area is 92.5 Å². The quantitative estimate of drug-likeness (QED) is 0.765. The third-order valence-corrected chi connectivity index (χ3v) is 2.62. The molecular weight excluding hydrogens is 225 g/mol. The van der Waals surface area contributed by atoms with E-state index in [-0.39, 0.29) is 0 Å². The molecule has 1 fully saturated rings. The number of ether oxygens (including phenoxy) is 2. The van der Waals surface area contributed by atoms with E-state index >= 15 is 0 Å². The molecule has 1 saturated heterocycles. The van der Waals surface area contributed by atoms with E-state index in [1.165, 1.54) is 13.8 Å². The second kappa shape index (κ2) is 3.85. The number of alkyl halides is 3. The first kappa shape index (κ1) is 13.7. The van der Waals surface area contributed by atoms with Crippen LogP contribution in [0.2, 0.25) is 0 Å². The lowest BCUT2D eigenvalue weighted by Crippen LogP contribution is -2.66. The first-order chi connectivity index (χ1) is 7.00. The standard InChI is InChI=1S/C10H17F3O3/c1-6(2)7-9(14,10(11,12)13)5-15-8(3,4)16-7/h6-7,14H,5H2,1-4H3/t7-,9-/m0/s1. The van der Waals surface area contributed by atoms with Gasteiger partial charge in [-0.25, -0.2) is 0 Å². The highest BCUT2D eigenvalue weighted by molar-refractivity contribution is 4.99. The summed E-state index contributed by atoms with van der Waals surface area (Å²) in [4.78, 5) is 0. The molecular formula is C10H17F3O3. The van der Waals surface area contributed by atoms with Crippen molar-refractivity contribution in [3.63, 3.8) is 0 Å². The van der Waals surface area contributed by atoms with E-state index in [2.05, 4.69) is 0 Å². The summed E-state index contributed by atoms with van der Waals surface area (Å²) in [5.74, 6) is -1.57. The van der Waals surface area contributed by atoms with Crippen LogP contribution in [-0.2, 0) is 9.47 Å². The fourth-order valence-corrected chi connectivity index (χ4v) is 1.73. The molecule has 3 nitrogen and oxygen atoms in total. The van der Waals surface area contributed by atoms with Crippen LogP contribution < -0.4 is 0 Å². The van der Waals surface area contributed by atoms with Gasteiger partial charge in [0, 0.05) is 0 Å². The minimum atomic E-state index is -4.77. The summed E-state index contributed by atoms with van der Waals surface area (Å²) in [6.45, 7) is 5.40. The normalized spacial score (nSPS) is 35.4. The number of hydrogen-bond donors (Lipinski definition) is 1. The molecule has 1 aliphatic rings. The second-order valence-electron chi connectivity index (χ2n) is 4.89. The van der Waals surface area contributed by atoms with Crippen molar-refractivity contribution in [2.24, 2.45) is 5.92 Å². The van der Waals surface area contributed by atoms with E-state index in [9.17, 15) is 18.3 Å². The predicted molar refractivity (Wildman–Crippen MR) is 50.7 cm³/mol. The summed E-state index contributed by atoms with van der Waals surface area (Å²) < 4.78 is 48.4. The summed E-state index contributed by atoms with van der Waals surface area (Å²) in [6, 6.07) is 0. The SMILES string of the molecule is CC(C)[C@@H]1OC(C)(C)OC[C@@]1(O)C(F)(F)F. The molecule has 96 valence electrons. The molecule has 0 radical (unpaired) electrons. The molecule has 0 amide bonds. The number of rotatable bonds is 1. The topological polar surface area (TPSA) is 38.7 Å². The molecule has 0 aliphatic carbocycles. The van der Waals surface area contributed by atoms with Crippen LogP contribution in [0.1, 0.15) is 27.7 Å². The highest BCUT2D eigenvalue weighted by atomic mass is 19.4. The van der Waals surface area contributed by atoms with Gasteiger partial charge in [0.25, 0.3) is 0 Å². The van der Waals surface area contributed by atoms with Crippen molar-refractivity contribution >= 4 is 0 Å². The summed E-state index contributed by atoms with van der Waals surface area (Å²) in [5.41, 5.74) is -2.93. The van der Waals surface area contributed by atoms with E-state index < -0.39 is 36.2 Å². The average Bonchev–Trinajstić information content (AvgIpc) is 2.07. The molecule has 0 aromatic rings. The monoisotopic (exact) mass is 242 g/mol. The van der Waals surface area contributed by atoms with Crippen LogP contribution in [0.25, 0.3) is 0 Å². The van der Waals surface area contributed by atoms with Crippen molar-refractivity contribution in [1.82, 2.24) is 0 Å². The number of aliphatic hydroxyl groups is 1. The molecule has 0 aromatic carbocycles. The van der Waals surface area contributed by atoms with Crippen molar-refractivity contribution in [3.8, 4) is 0 Å². The Bertz CT molecular complexity index is 263. The molecule has 2 atom stereocenters. The molecule has 1 rings (SSSR count). The molecule has 1 aliphatic heterocycles. The van der Waals surface area contributed by atoms with E-state index in [1.54, 1.807) is 13.8 Å². The van der Waals surface area contributed by atoms with Crippen molar-refractivity contribution in [2.75, 3.05) is 6.61 Å². The van der Waals surface area contributed by atoms with Gasteiger partial charge in [-0.2, -0.15) is 13.2 Å². The molecule has 0 spiro atoms. The Morgan fingerprint density at radius 1 is 1.31 bits per heavy atom. The zero-order chi connectivity index (χ0) is 12.8. The Morgan fingerprint density at radius 3 is 2.19 bits per heavy atom. The molecule has 0 aromatic heterocycles. The van der Waals surface area contributed by atoms with Crippen LogP contribution in [0.15, 0.2) is 0 Å². The molecule has 6 heteroatoms. The van der Waals surface area contributed by atoms with Crippen LogP contribution in [0.3, 0.4) is 0 Å². The van der Waals surface area contributed by atoms with Gasteiger partial charge in [0.15, 0.2) is 5.79 Å². The fraction of sp³-hybridized carbons (Fsp3) is 1.00. The Balaban J connectivity index is 3.02. The highest BCUT2D eigenvalue weighted by Crippen LogP contribution is 2.42. The van der Waals surface area contributed by atoms with Crippen LogP contribution in [-0.4, -0.2) is 35.4 Å². The molecule has 0 unspecified atom stereocenters. The summed E-state index contributed by atoms with van der Waals surface area (Å²) in [6.07, 6.45) is -6.09. The van der Waals surface area contributed by atoms with Crippen molar-refractivity contribution < 1.29 is 27.8 Å². The molecule has 0 saturated carbocycles. The summed E-state index contributed by atoms with van der Waals surface area (Å²) in [5, 5.41) is 9.70. The van der Waals surface area contributed by atoms with Crippen molar-refractivity contribution in [1.29, 1.82) is 0 Å². The lowest BCUT2D eigenvalue weighted by Gasteiger charge is -2.48. The van der Waals surface area contributed by atoms with Crippen LogP contribution in [0.5, 0.6) is 0 Å². The third kappa shape index (κ3) is 2.33. The highest BCUT2D eigenvalue weighted by Gasteiger charge is 2.63. The van der Waals surface area contributed by atoms with Gasteiger partial charge in [0.1, 0.15) is 6.10 Å². The Kier molecular flexibility index (Phi) is 3.31. The first-order valence-corrected chi connectivity index (χ1v) is 5.10. The lowest BCUT2D eigenvalue weighted by molar-refractivity contribution is -0.400. The zero-order valence-corrected chi connectivity index (χ0v) is 9.76. The van der Waals surface area contributed by atoms with E-state index in [1.807, 2.05) is 0 Å². The zero-order valence-electron chi connectivity index (χ0n) is 9.76. The van der Waals surface area contributed by atoms with Crippen molar-refractivity contribution in [3.05, 3.63) is 0 Å². The van der Waals surface area contributed by atoms with Crippen LogP contribution in [0.4, 0.5) is 13.2 Å². The molecule has 1 heterocycles. The van der Waals surface area contributed by atoms with Gasteiger partial charge in [-0.05, 0) is 19.8 Å². The fourth-order valence-electron chi connectivity index (χ4n) is 1.73. The maximum atomic E-state index is 12.8. The maximum Gasteiger partial charge on any atom is 0.422 e.